The van der Waals surface area contributed by atoms with E-state index in [0.29, 0.717) is 22.4 Å². The second-order valence-electron chi connectivity index (χ2n) is 6.34. The number of hydrogen-bond acceptors (Lipinski definition) is 5. The molecule has 1 aromatic heterocycles. The fourth-order valence-corrected chi connectivity index (χ4v) is 3.74. The van der Waals surface area contributed by atoms with E-state index in [1.54, 1.807) is 19.1 Å². The van der Waals surface area contributed by atoms with Gasteiger partial charge in [-0.05, 0) is 37.5 Å². The average molecular weight is 363 g/mol. The van der Waals surface area contributed by atoms with Crippen LogP contribution in [0.15, 0.2) is 18.2 Å². The first-order valence-electron chi connectivity index (χ1n) is 8.43. The molecule has 0 bridgehead atoms. The van der Waals surface area contributed by atoms with Crippen LogP contribution >= 0.6 is 11.3 Å². The molecular formula is C17H22FN5OS. The first-order chi connectivity index (χ1) is 12.0. The van der Waals surface area contributed by atoms with Crippen molar-refractivity contribution < 1.29 is 9.18 Å². The van der Waals surface area contributed by atoms with E-state index in [9.17, 15) is 9.18 Å². The number of aromatic nitrogens is 2. The summed E-state index contributed by atoms with van der Waals surface area (Å²) in [5.74, 6) is -0.356. The number of halogens is 1. The first kappa shape index (κ1) is 17.6. The number of anilines is 3. The predicted molar refractivity (Wildman–Crippen MR) is 99.0 cm³/mol. The van der Waals surface area contributed by atoms with E-state index in [4.69, 9.17) is 0 Å². The molecule has 0 aliphatic heterocycles. The topological polar surface area (TPSA) is 70.1 Å². The highest BCUT2D eigenvalue weighted by Crippen LogP contribution is 2.29. The molecule has 2 N–H and O–H groups in total. The maximum Gasteiger partial charge on any atom is 0.325 e. The highest BCUT2D eigenvalue weighted by molar-refractivity contribution is 7.19. The van der Waals surface area contributed by atoms with Gasteiger partial charge in [-0.3, -0.25) is 5.32 Å². The molecule has 8 heteroatoms. The zero-order valence-electron chi connectivity index (χ0n) is 14.4. The summed E-state index contributed by atoms with van der Waals surface area (Å²) in [6.07, 6.45) is 6.12. The van der Waals surface area contributed by atoms with Crippen molar-refractivity contribution in [3.63, 3.8) is 0 Å². The number of urea groups is 1. The third-order valence-corrected chi connectivity index (χ3v) is 5.42. The van der Waals surface area contributed by atoms with Crippen LogP contribution in [0.4, 0.5) is 25.1 Å². The number of hydrogen-bond donors (Lipinski definition) is 2. The van der Waals surface area contributed by atoms with Crippen LogP contribution in [0, 0.1) is 12.7 Å². The summed E-state index contributed by atoms with van der Waals surface area (Å²) in [6.45, 7) is 1.67. The Bertz CT molecular complexity index is 744. The molecule has 134 valence electrons. The molecule has 0 atom stereocenters. The summed E-state index contributed by atoms with van der Waals surface area (Å²) in [6, 6.07) is 4.58. The Kier molecular flexibility index (Phi) is 5.47. The molecule has 1 saturated carbocycles. The molecule has 0 saturated heterocycles. The van der Waals surface area contributed by atoms with Crippen molar-refractivity contribution in [2.75, 3.05) is 22.6 Å². The summed E-state index contributed by atoms with van der Waals surface area (Å²) >= 11 is 1.34. The Morgan fingerprint density at radius 1 is 1.24 bits per heavy atom. The summed E-state index contributed by atoms with van der Waals surface area (Å²) < 4.78 is 13.5. The Morgan fingerprint density at radius 3 is 2.72 bits per heavy atom. The molecule has 0 spiro atoms. The highest BCUT2D eigenvalue weighted by atomic mass is 32.1. The Labute approximate surface area is 150 Å². The van der Waals surface area contributed by atoms with Gasteiger partial charge in [-0.25, -0.2) is 9.18 Å². The average Bonchev–Trinajstić information content (AvgIpc) is 3.06. The standard InChI is InChI=1S/C17H22FN5OS/c1-11-8-9-12(10-14(11)18)19-15(24)20-16-21-22-17(25-16)23(2)13-6-4-3-5-7-13/h8-10,13H,3-7H2,1-2H3,(H2,19,20,21,24). The van der Waals surface area contributed by atoms with Crippen LogP contribution < -0.4 is 15.5 Å². The summed E-state index contributed by atoms with van der Waals surface area (Å²) in [5, 5.41) is 14.7. The molecule has 1 aromatic carbocycles. The van der Waals surface area contributed by atoms with Crippen molar-refractivity contribution in [2.45, 2.75) is 45.1 Å². The zero-order valence-corrected chi connectivity index (χ0v) is 15.2. The van der Waals surface area contributed by atoms with Gasteiger partial charge in [-0.15, -0.1) is 10.2 Å². The van der Waals surface area contributed by atoms with Crippen LogP contribution in [0.2, 0.25) is 0 Å². The minimum Gasteiger partial charge on any atom is -0.347 e. The van der Waals surface area contributed by atoms with Crippen molar-refractivity contribution in [2.24, 2.45) is 0 Å². The maximum absolute atomic E-state index is 13.5. The lowest BCUT2D eigenvalue weighted by molar-refractivity contribution is 0.262. The van der Waals surface area contributed by atoms with Crippen LogP contribution in [-0.4, -0.2) is 29.3 Å². The Balaban J connectivity index is 1.58. The molecule has 3 rings (SSSR count). The first-order valence-corrected chi connectivity index (χ1v) is 9.25. The highest BCUT2D eigenvalue weighted by Gasteiger charge is 2.21. The van der Waals surface area contributed by atoms with Crippen molar-refractivity contribution in [3.05, 3.63) is 29.6 Å². The lowest BCUT2D eigenvalue weighted by Gasteiger charge is -2.30. The number of carbonyl (C=O) groups is 1. The van der Waals surface area contributed by atoms with Gasteiger partial charge in [-0.2, -0.15) is 0 Å². The van der Waals surface area contributed by atoms with Crippen molar-refractivity contribution in [3.8, 4) is 0 Å². The van der Waals surface area contributed by atoms with E-state index in [-0.39, 0.29) is 5.82 Å². The van der Waals surface area contributed by atoms with E-state index in [0.717, 1.165) is 18.0 Å². The van der Waals surface area contributed by atoms with Crippen molar-refractivity contribution >= 4 is 33.3 Å². The molecule has 0 radical (unpaired) electrons. The summed E-state index contributed by atoms with van der Waals surface area (Å²) in [4.78, 5) is 14.2. The summed E-state index contributed by atoms with van der Waals surface area (Å²) in [7, 11) is 2.02. The minimum atomic E-state index is -0.466. The quantitative estimate of drug-likeness (QED) is 0.845. The third-order valence-electron chi connectivity index (χ3n) is 4.49. The van der Waals surface area contributed by atoms with Gasteiger partial charge in [-0.1, -0.05) is 36.7 Å². The molecule has 1 aliphatic rings. The minimum absolute atomic E-state index is 0.356. The number of rotatable bonds is 4. The fourth-order valence-electron chi connectivity index (χ4n) is 2.96. The number of amides is 2. The van der Waals surface area contributed by atoms with E-state index in [1.165, 1.54) is 36.7 Å². The maximum atomic E-state index is 13.5. The van der Waals surface area contributed by atoms with Gasteiger partial charge < -0.3 is 10.2 Å². The van der Waals surface area contributed by atoms with Crippen LogP contribution in [0.1, 0.15) is 37.7 Å². The fraction of sp³-hybridized carbons (Fsp3) is 0.471. The number of nitrogens with one attached hydrogen (secondary N) is 2. The van der Waals surface area contributed by atoms with Crippen LogP contribution in [-0.2, 0) is 0 Å². The molecule has 1 fully saturated rings. The molecule has 6 nitrogen and oxygen atoms in total. The van der Waals surface area contributed by atoms with Crippen molar-refractivity contribution in [1.82, 2.24) is 10.2 Å². The van der Waals surface area contributed by atoms with Gasteiger partial charge in [0.15, 0.2) is 0 Å². The number of carbonyl (C=O) groups excluding carboxylic acids is 1. The van der Waals surface area contributed by atoms with Crippen molar-refractivity contribution in [1.29, 1.82) is 0 Å². The predicted octanol–water partition coefficient (Wildman–Crippen LogP) is 4.40. The molecule has 25 heavy (non-hydrogen) atoms. The van der Waals surface area contributed by atoms with Gasteiger partial charge >= 0.3 is 6.03 Å². The number of benzene rings is 1. The Morgan fingerprint density at radius 2 is 2.00 bits per heavy atom. The van der Waals surface area contributed by atoms with E-state index in [1.807, 2.05) is 7.05 Å². The lowest BCUT2D eigenvalue weighted by Crippen LogP contribution is -2.33. The van der Waals surface area contributed by atoms with Crippen LogP contribution in [0.5, 0.6) is 0 Å². The van der Waals surface area contributed by atoms with E-state index >= 15 is 0 Å². The van der Waals surface area contributed by atoms with Gasteiger partial charge in [0.2, 0.25) is 10.3 Å². The Hall–Kier alpha value is -2.22. The molecule has 0 unspecified atom stereocenters. The van der Waals surface area contributed by atoms with Crippen LogP contribution in [0.3, 0.4) is 0 Å². The molecule has 1 heterocycles. The van der Waals surface area contributed by atoms with E-state index < -0.39 is 6.03 Å². The summed E-state index contributed by atoms with van der Waals surface area (Å²) in [5.41, 5.74) is 0.926. The number of nitrogens with zero attached hydrogens (tertiary/aromatic N) is 3. The monoisotopic (exact) mass is 363 g/mol. The second kappa shape index (κ2) is 7.77. The van der Waals surface area contributed by atoms with Gasteiger partial charge in [0.1, 0.15) is 5.82 Å². The molecule has 2 amide bonds. The lowest BCUT2D eigenvalue weighted by atomic mass is 9.95. The number of aryl methyl sites for hydroxylation is 1. The molecule has 1 aliphatic carbocycles. The zero-order chi connectivity index (χ0) is 17.8. The molecular weight excluding hydrogens is 341 g/mol. The molecule has 2 aromatic rings. The van der Waals surface area contributed by atoms with E-state index in [2.05, 4.69) is 25.7 Å². The largest absolute Gasteiger partial charge is 0.347 e. The SMILES string of the molecule is Cc1ccc(NC(=O)Nc2nnc(N(C)C3CCCCC3)s2)cc1F. The van der Waals surface area contributed by atoms with Gasteiger partial charge in [0.25, 0.3) is 0 Å². The van der Waals surface area contributed by atoms with Crippen LogP contribution in [0.25, 0.3) is 0 Å². The third kappa shape index (κ3) is 4.45. The van der Waals surface area contributed by atoms with Gasteiger partial charge in [0, 0.05) is 18.8 Å². The normalized spacial score (nSPS) is 15.0. The van der Waals surface area contributed by atoms with Gasteiger partial charge in [0.05, 0.1) is 0 Å². The smallest absolute Gasteiger partial charge is 0.325 e. The second-order valence-corrected chi connectivity index (χ2v) is 7.29.